The highest BCUT2D eigenvalue weighted by atomic mass is 79.9. The highest BCUT2D eigenvalue weighted by molar-refractivity contribution is 9.12. The Labute approximate surface area is 83.7 Å². The monoisotopic (exact) mass is 306 g/mol. The molecule has 0 aromatic rings. The molecule has 2 atom stereocenters. The van der Waals surface area contributed by atoms with Gasteiger partial charge in [0.05, 0.1) is 0 Å². The fourth-order valence-corrected chi connectivity index (χ4v) is 0.835. The molecule has 6 nitrogen and oxygen atoms in total. The molecule has 2 N–H and O–H groups in total. The first-order chi connectivity index (χ1) is 5.43. The molecule has 0 aliphatic heterocycles. The van der Waals surface area contributed by atoms with Gasteiger partial charge in [-0.25, -0.2) is 9.59 Å². The average Bonchev–Trinajstić information content (AvgIpc) is 1.84. The van der Waals surface area contributed by atoms with E-state index < -0.39 is 22.3 Å². The summed E-state index contributed by atoms with van der Waals surface area (Å²) in [5, 5.41) is 14.0. The summed E-state index contributed by atoms with van der Waals surface area (Å²) in [5.74, 6) is 0. The standard InChI is InChI=1S/C4H4Br2O6/c5-1(11-3(7)8)2(6)12-4(9)10/h1-2H,(H,7,8)(H,9,10). The van der Waals surface area contributed by atoms with Gasteiger partial charge in [0, 0.05) is 0 Å². The first kappa shape index (κ1) is 11.5. The summed E-state index contributed by atoms with van der Waals surface area (Å²) >= 11 is 5.47. The number of carboxylic acid groups (broad SMARTS) is 2. The molecule has 0 spiro atoms. The number of hydrogen-bond acceptors (Lipinski definition) is 4. The number of carbonyl (C=O) groups is 2. The van der Waals surface area contributed by atoms with Crippen molar-refractivity contribution in [2.75, 3.05) is 0 Å². The van der Waals surface area contributed by atoms with E-state index in [-0.39, 0.29) is 0 Å². The van der Waals surface area contributed by atoms with Crippen LogP contribution < -0.4 is 0 Å². The fraction of sp³-hybridized carbons (Fsp3) is 0.500. The molecule has 0 aliphatic rings. The molecular weight excluding hydrogens is 304 g/mol. The van der Waals surface area contributed by atoms with Gasteiger partial charge in [-0.2, -0.15) is 0 Å². The molecule has 0 fully saturated rings. The highest BCUT2D eigenvalue weighted by Gasteiger charge is 2.23. The average molecular weight is 308 g/mol. The van der Waals surface area contributed by atoms with Gasteiger partial charge in [-0.05, 0) is 31.9 Å². The topological polar surface area (TPSA) is 93.1 Å². The zero-order valence-corrected chi connectivity index (χ0v) is 8.61. The summed E-state index contributed by atoms with van der Waals surface area (Å²) in [4.78, 5) is 19.8. The first-order valence-corrected chi connectivity index (χ1v) is 4.34. The normalized spacial score (nSPS) is 14.5. The van der Waals surface area contributed by atoms with Crippen LogP contribution in [0.15, 0.2) is 0 Å². The Morgan fingerprint density at radius 3 is 1.42 bits per heavy atom. The Kier molecular flexibility index (Phi) is 4.98. The highest BCUT2D eigenvalue weighted by Crippen LogP contribution is 2.17. The van der Waals surface area contributed by atoms with Crippen LogP contribution in [0.4, 0.5) is 9.59 Å². The van der Waals surface area contributed by atoms with E-state index in [0.29, 0.717) is 0 Å². The van der Waals surface area contributed by atoms with Crippen molar-refractivity contribution in [1.82, 2.24) is 0 Å². The molecule has 0 bridgehead atoms. The molecule has 0 saturated heterocycles. The molecule has 0 aromatic heterocycles. The summed E-state index contributed by atoms with van der Waals surface area (Å²) < 4.78 is 8.22. The zero-order chi connectivity index (χ0) is 9.72. The van der Waals surface area contributed by atoms with E-state index in [1.807, 2.05) is 0 Å². The number of halogens is 2. The predicted molar refractivity (Wildman–Crippen MR) is 43.6 cm³/mol. The van der Waals surface area contributed by atoms with Gasteiger partial charge >= 0.3 is 12.3 Å². The van der Waals surface area contributed by atoms with Crippen LogP contribution in [0, 0.1) is 0 Å². The Bertz CT molecular complexity index is 162. The number of rotatable bonds is 3. The summed E-state index contributed by atoms with van der Waals surface area (Å²) in [5.41, 5.74) is 0. The van der Waals surface area contributed by atoms with Crippen LogP contribution in [0.2, 0.25) is 0 Å². The Morgan fingerprint density at radius 2 is 1.25 bits per heavy atom. The van der Waals surface area contributed by atoms with Gasteiger partial charge in [0.2, 0.25) is 10.0 Å². The molecule has 0 aromatic carbocycles. The molecular formula is C4H4Br2O6. The van der Waals surface area contributed by atoms with Crippen molar-refractivity contribution in [2.24, 2.45) is 0 Å². The third-order valence-corrected chi connectivity index (χ3v) is 2.68. The molecule has 8 heteroatoms. The van der Waals surface area contributed by atoms with Crippen LogP contribution in [0.1, 0.15) is 0 Å². The Hall–Kier alpha value is -0.500. The third kappa shape index (κ3) is 5.19. The lowest BCUT2D eigenvalue weighted by molar-refractivity contribution is 0.0287. The minimum atomic E-state index is -1.53. The van der Waals surface area contributed by atoms with Crippen molar-refractivity contribution in [1.29, 1.82) is 0 Å². The maximum absolute atomic E-state index is 9.92. The van der Waals surface area contributed by atoms with E-state index in [9.17, 15) is 9.59 Å². The van der Waals surface area contributed by atoms with Crippen LogP contribution >= 0.6 is 31.9 Å². The second-order valence-electron chi connectivity index (χ2n) is 1.47. The summed E-state index contributed by atoms with van der Waals surface area (Å²) in [6, 6.07) is 0. The second-order valence-corrected chi connectivity index (χ2v) is 3.27. The molecule has 0 radical (unpaired) electrons. The molecule has 0 aliphatic carbocycles. The van der Waals surface area contributed by atoms with Gasteiger partial charge in [-0.3, -0.25) is 0 Å². The summed E-state index contributed by atoms with van der Waals surface area (Å²) in [6.45, 7) is 0. The molecule has 2 unspecified atom stereocenters. The van der Waals surface area contributed by atoms with Gasteiger partial charge in [0.15, 0.2) is 0 Å². The zero-order valence-electron chi connectivity index (χ0n) is 5.44. The molecule has 70 valence electrons. The van der Waals surface area contributed by atoms with Crippen molar-refractivity contribution < 1.29 is 29.3 Å². The Morgan fingerprint density at radius 1 is 1.00 bits per heavy atom. The predicted octanol–water partition coefficient (Wildman–Crippen LogP) is 1.82. The fourth-order valence-electron chi connectivity index (χ4n) is 0.300. The Balaban J connectivity index is 3.83. The largest absolute Gasteiger partial charge is 0.507 e. The van der Waals surface area contributed by atoms with E-state index >= 15 is 0 Å². The van der Waals surface area contributed by atoms with E-state index in [0.717, 1.165) is 0 Å². The lowest BCUT2D eigenvalue weighted by Gasteiger charge is -2.13. The van der Waals surface area contributed by atoms with Crippen molar-refractivity contribution in [3.05, 3.63) is 0 Å². The maximum Gasteiger partial charge on any atom is 0.507 e. The van der Waals surface area contributed by atoms with Crippen molar-refractivity contribution in [3.63, 3.8) is 0 Å². The van der Waals surface area contributed by atoms with E-state index in [1.165, 1.54) is 0 Å². The van der Waals surface area contributed by atoms with Crippen molar-refractivity contribution in [3.8, 4) is 0 Å². The molecule has 0 heterocycles. The van der Waals surface area contributed by atoms with E-state index in [4.69, 9.17) is 10.2 Å². The molecule has 0 rings (SSSR count). The van der Waals surface area contributed by atoms with Crippen LogP contribution in [0.5, 0.6) is 0 Å². The van der Waals surface area contributed by atoms with Crippen LogP contribution in [-0.2, 0) is 9.47 Å². The minimum absolute atomic E-state index is 1.08. The van der Waals surface area contributed by atoms with Gasteiger partial charge in [0.1, 0.15) is 0 Å². The SMILES string of the molecule is O=C(O)OC(Br)C(Br)OC(=O)O. The first-order valence-electron chi connectivity index (χ1n) is 2.50. The smallest absolute Gasteiger partial charge is 0.450 e. The van der Waals surface area contributed by atoms with Gasteiger partial charge in [0.25, 0.3) is 0 Å². The lowest BCUT2D eigenvalue weighted by Crippen LogP contribution is -2.25. The number of hydrogen-bond donors (Lipinski definition) is 2. The van der Waals surface area contributed by atoms with E-state index in [2.05, 4.69) is 41.3 Å². The number of alkyl halides is 2. The van der Waals surface area contributed by atoms with E-state index in [1.54, 1.807) is 0 Å². The molecule has 0 saturated carbocycles. The minimum Gasteiger partial charge on any atom is -0.450 e. The number of ether oxygens (including phenoxy) is 2. The summed E-state index contributed by atoms with van der Waals surface area (Å²) in [6.07, 6.45) is -3.06. The van der Waals surface area contributed by atoms with Gasteiger partial charge in [-0.15, -0.1) is 0 Å². The van der Waals surface area contributed by atoms with Gasteiger partial charge in [-0.1, -0.05) is 0 Å². The van der Waals surface area contributed by atoms with Crippen LogP contribution in [0.25, 0.3) is 0 Å². The van der Waals surface area contributed by atoms with Gasteiger partial charge < -0.3 is 19.7 Å². The van der Waals surface area contributed by atoms with Crippen LogP contribution in [0.3, 0.4) is 0 Å². The van der Waals surface area contributed by atoms with Crippen molar-refractivity contribution in [2.45, 2.75) is 10.0 Å². The maximum atomic E-state index is 9.92. The second kappa shape index (κ2) is 5.20. The summed E-state index contributed by atoms with van der Waals surface area (Å²) in [7, 11) is 0. The molecule has 12 heavy (non-hydrogen) atoms. The lowest BCUT2D eigenvalue weighted by atomic mass is 10.8. The third-order valence-electron chi connectivity index (χ3n) is 0.633. The molecule has 0 amide bonds. The van der Waals surface area contributed by atoms with Crippen molar-refractivity contribution >= 4 is 44.2 Å². The quantitative estimate of drug-likeness (QED) is 0.610. The van der Waals surface area contributed by atoms with Crippen LogP contribution in [-0.4, -0.2) is 32.6 Å².